The molecule has 0 amide bonds. The van der Waals surface area contributed by atoms with Crippen LogP contribution in [0.3, 0.4) is 0 Å². The second-order valence-electron chi connectivity index (χ2n) is 2.77. The van der Waals surface area contributed by atoms with Crippen molar-refractivity contribution in [2.45, 2.75) is 49.6 Å². The molecular formula is C8H19In. The second kappa shape index (κ2) is 8.87. The Morgan fingerprint density at radius 1 is 0.889 bits per heavy atom. The topological polar surface area (TPSA) is 0 Å². The van der Waals surface area contributed by atoms with E-state index < -0.39 is 0 Å². The van der Waals surface area contributed by atoms with Gasteiger partial charge in [0.05, 0.1) is 0 Å². The van der Waals surface area contributed by atoms with E-state index in [4.69, 9.17) is 0 Å². The van der Waals surface area contributed by atoms with Gasteiger partial charge in [-0.1, -0.05) is 0 Å². The van der Waals surface area contributed by atoms with Crippen molar-refractivity contribution in [1.82, 2.24) is 0 Å². The van der Waals surface area contributed by atoms with Crippen molar-refractivity contribution in [3.63, 3.8) is 0 Å². The van der Waals surface area contributed by atoms with Gasteiger partial charge in [0.2, 0.25) is 0 Å². The van der Waals surface area contributed by atoms with Crippen LogP contribution >= 0.6 is 0 Å². The number of rotatable bonds is 6. The zero-order valence-corrected chi connectivity index (χ0v) is 12.7. The summed E-state index contributed by atoms with van der Waals surface area (Å²) >= 11 is 0.970. The minimum absolute atomic E-state index is 0.970. The van der Waals surface area contributed by atoms with Gasteiger partial charge in [0, 0.05) is 0 Å². The quantitative estimate of drug-likeness (QED) is 0.614. The molecule has 0 nitrogen and oxygen atoms in total. The molecule has 0 saturated heterocycles. The Morgan fingerprint density at radius 3 is 2.00 bits per heavy atom. The van der Waals surface area contributed by atoms with Gasteiger partial charge < -0.3 is 0 Å². The summed E-state index contributed by atoms with van der Waals surface area (Å²) in [4.78, 5) is 0. The molecule has 0 aliphatic rings. The first-order valence-electron chi connectivity index (χ1n) is 4.41. The molecule has 0 aliphatic heterocycles. The van der Waals surface area contributed by atoms with Crippen LogP contribution in [0.15, 0.2) is 0 Å². The zero-order chi connectivity index (χ0) is 6.95. The molecule has 0 N–H and O–H groups in total. The third kappa shape index (κ3) is 8.87. The normalized spacial score (nSPS) is 9.89. The fourth-order valence-electron chi connectivity index (χ4n) is 1.03. The molecule has 0 aliphatic carbocycles. The van der Waals surface area contributed by atoms with Crippen LogP contribution in [-0.4, -0.2) is 24.4 Å². The van der Waals surface area contributed by atoms with Crippen LogP contribution < -0.4 is 0 Å². The van der Waals surface area contributed by atoms with Gasteiger partial charge in [0.15, 0.2) is 0 Å². The summed E-state index contributed by atoms with van der Waals surface area (Å²) in [6.07, 6.45) is 8.84. The maximum absolute atomic E-state index is 2.27. The molecule has 9 heavy (non-hydrogen) atoms. The molecule has 0 aromatic rings. The van der Waals surface area contributed by atoms with Crippen LogP contribution in [0.5, 0.6) is 0 Å². The summed E-state index contributed by atoms with van der Waals surface area (Å²) in [5, 5.41) is 0. The van der Waals surface area contributed by atoms with Crippen LogP contribution in [0.25, 0.3) is 0 Å². The Morgan fingerprint density at radius 2 is 1.44 bits per heavy atom. The summed E-state index contributed by atoms with van der Waals surface area (Å²) in [5.41, 5.74) is 0. The van der Waals surface area contributed by atoms with Gasteiger partial charge in [-0.15, -0.1) is 0 Å². The summed E-state index contributed by atoms with van der Waals surface area (Å²) in [5.74, 6) is 0. The minimum atomic E-state index is 0.970. The van der Waals surface area contributed by atoms with E-state index in [1.54, 1.807) is 4.18 Å². The fraction of sp³-hybridized carbons (Fsp3) is 1.00. The molecule has 0 aromatic heterocycles. The van der Waals surface area contributed by atoms with Gasteiger partial charge in [0.25, 0.3) is 0 Å². The molecule has 1 heteroatoms. The molecule has 0 saturated carbocycles. The average Bonchev–Trinajstić information content (AvgIpc) is 1.89. The van der Waals surface area contributed by atoms with E-state index in [0.29, 0.717) is 0 Å². The van der Waals surface area contributed by atoms with Crippen molar-refractivity contribution < 1.29 is 0 Å². The first-order valence-corrected chi connectivity index (χ1v) is 8.45. The van der Waals surface area contributed by atoms with E-state index in [9.17, 15) is 0 Å². The molecule has 0 aromatic carbocycles. The fourth-order valence-corrected chi connectivity index (χ4v) is 2.46. The van der Waals surface area contributed by atoms with Crippen molar-refractivity contribution in [1.29, 1.82) is 0 Å². The Bertz CT molecular complexity index is 37.8. The van der Waals surface area contributed by atoms with Gasteiger partial charge in [-0.2, -0.15) is 0 Å². The molecule has 54 valence electrons. The Balaban J connectivity index is 2.60. The van der Waals surface area contributed by atoms with E-state index in [1.165, 1.54) is 38.5 Å². The monoisotopic (exact) mass is 230 g/mol. The molecule has 0 heterocycles. The predicted octanol–water partition coefficient (Wildman–Crippen LogP) is 2.40. The third-order valence-electron chi connectivity index (χ3n) is 1.71. The molecular weight excluding hydrogens is 211 g/mol. The van der Waals surface area contributed by atoms with Gasteiger partial charge in [-0.3, -0.25) is 0 Å². The van der Waals surface area contributed by atoms with Gasteiger partial charge in [0.1, 0.15) is 0 Å². The van der Waals surface area contributed by atoms with Crippen LogP contribution in [0, 0.1) is 0 Å². The first-order chi connectivity index (χ1) is 4.41. The summed E-state index contributed by atoms with van der Waals surface area (Å²) < 4.78 is 1.58. The van der Waals surface area contributed by atoms with Gasteiger partial charge >= 0.3 is 74.0 Å². The maximum atomic E-state index is 2.27. The molecule has 0 spiro atoms. The number of hydrogen-bond donors (Lipinski definition) is 0. The standard InChI is InChI=1S/C8H17.In.2H/c1-3-5-7-8-6-4-2;;;/h1,3-8H2,2H3;;;. The Kier molecular flexibility index (Phi) is 9.73. The van der Waals surface area contributed by atoms with Crippen LogP contribution in [-0.2, 0) is 0 Å². The second-order valence-corrected chi connectivity index (χ2v) is 5.62. The Labute approximate surface area is 74.0 Å². The SMILES string of the molecule is CCCCCCC[CH2][InH2]. The van der Waals surface area contributed by atoms with Crippen LogP contribution in [0.4, 0.5) is 0 Å². The number of hydrogen-bond acceptors (Lipinski definition) is 0. The molecule has 0 atom stereocenters. The molecule has 0 unspecified atom stereocenters. The van der Waals surface area contributed by atoms with Gasteiger partial charge in [-0.25, -0.2) is 0 Å². The van der Waals surface area contributed by atoms with Crippen LogP contribution in [0.2, 0.25) is 4.18 Å². The van der Waals surface area contributed by atoms with Crippen molar-refractivity contribution in [2.24, 2.45) is 0 Å². The van der Waals surface area contributed by atoms with E-state index in [-0.39, 0.29) is 0 Å². The van der Waals surface area contributed by atoms with E-state index in [2.05, 4.69) is 6.92 Å². The van der Waals surface area contributed by atoms with E-state index in [1.807, 2.05) is 0 Å². The first kappa shape index (κ1) is 9.87. The van der Waals surface area contributed by atoms with Crippen molar-refractivity contribution in [2.75, 3.05) is 0 Å². The predicted molar refractivity (Wildman–Crippen MR) is 46.7 cm³/mol. The summed E-state index contributed by atoms with van der Waals surface area (Å²) in [6, 6.07) is 0. The third-order valence-corrected chi connectivity index (χ3v) is 3.73. The molecule has 0 fully saturated rings. The van der Waals surface area contributed by atoms with Crippen LogP contribution in [0.1, 0.15) is 45.4 Å². The zero-order valence-electron chi connectivity index (χ0n) is 6.95. The summed E-state index contributed by atoms with van der Waals surface area (Å²) in [6.45, 7) is 2.27. The Hall–Kier alpha value is 0.870. The number of unbranched alkanes of at least 4 members (excludes halogenated alkanes) is 5. The molecule has 0 radical (unpaired) electrons. The van der Waals surface area contributed by atoms with E-state index >= 15 is 0 Å². The van der Waals surface area contributed by atoms with Crippen molar-refractivity contribution in [3.05, 3.63) is 0 Å². The molecule has 0 bridgehead atoms. The van der Waals surface area contributed by atoms with Gasteiger partial charge in [-0.05, 0) is 0 Å². The van der Waals surface area contributed by atoms with E-state index in [0.717, 1.165) is 24.4 Å². The summed E-state index contributed by atoms with van der Waals surface area (Å²) in [7, 11) is 0. The average molecular weight is 230 g/mol. The van der Waals surface area contributed by atoms with Crippen molar-refractivity contribution in [3.8, 4) is 0 Å². The van der Waals surface area contributed by atoms with Crippen molar-refractivity contribution >= 4 is 24.4 Å². The molecule has 0 rings (SSSR count).